The van der Waals surface area contributed by atoms with Crippen LogP contribution in [0.5, 0.6) is 5.75 Å². The molecular weight excluding hydrogens is 376 g/mol. The van der Waals surface area contributed by atoms with Gasteiger partial charge in [-0.2, -0.15) is 0 Å². The number of carbonyl (C=O) groups is 1. The second-order valence-corrected chi connectivity index (χ2v) is 10.2. The molecule has 0 radical (unpaired) electrons. The Balaban J connectivity index is 2.00. The van der Waals surface area contributed by atoms with Crippen molar-refractivity contribution in [2.24, 2.45) is 10.9 Å². The van der Waals surface area contributed by atoms with E-state index in [1.165, 1.54) is 6.21 Å². The van der Waals surface area contributed by atoms with E-state index in [-0.39, 0.29) is 39.9 Å². The number of aliphatic imine (C=N–C) groups is 1. The smallest absolute Gasteiger partial charge is 0.261 e. The number of nitrogens with one attached hydrogen (secondary N) is 1. The number of benzene rings is 1. The summed E-state index contributed by atoms with van der Waals surface area (Å²) in [5.41, 5.74) is 2.54. The predicted molar refractivity (Wildman–Crippen MR) is 122 cm³/mol. The maximum Gasteiger partial charge on any atom is 0.261 e. The average molecular weight is 409 g/mol. The molecule has 1 aliphatic heterocycles. The molecule has 1 aromatic rings. The van der Waals surface area contributed by atoms with E-state index in [9.17, 15) is 15.0 Å². The lowest BCUT2D eigenvalue weighted by molar-refractivity contribution is -0.112. The van der Waals surface area contributed by atoms with Gasteiger partial charge in [-0.25, -0.2) is 0 Å². The second kappa shape index (κ2) is 7.46. The summed E-state index contributed by atoms with van der Waals surface area (Å²) in [5.74, 6) is -0.208. The fourth-order valence-electron chi connectivity index (χ4n) is 3.90. The maximum atomic E-state index is 13.1. The zero-order chi connectivity index (χ0) is 22.4. The molecule has 0 bridgehead atoms. The van der Waals surface area contributed by atoms with Gasteiger partial charge in [0, 0.05) is 29.5 Å². The van der Waals surface area contributed by atoms with Gasteiger partial charge in [0.25, 0.3) is 5.91 Å². The number of phenolic OH excluding ortho intramolecular Hbond substituents is 1. The van der Waals surface area contributed by atoms with Gasteiger partial charge in [0.2, 0.25) is 0 Å². The standard InChI is InChI=1S/C25H32N2O3/c1-14-9-8-10-15-21(14)26-13-16(22(15)29)23(30)27-19-12-20(28)18(25(5,6)7)11-17(19)24(2,3)4/h8-14,21,28-29H,1-7H3,(H,27,30). The number of hydrogen-bond acceptors (Lipinski definition) is 4. The lowest BCUT2D eigenvalue weighted by atomic mass is 9.79. The molecule has 0 aromatic heterocycles. The van der Waals surface area contributed by atoms with Crippen LogP contribution in [0.3, 0.4) is 0 Å². The lowest BCUT2D eigenvalue weighted by Gasteiger charge is -2.29. The molecule has 1 heterocycles. The van der Waals surface area contributed by atoms with Gasteiger partial charge >= 0.3 is 0 Å². The van der Waals surface area contributed by atoms with Crippen molar-refractivity contribution in [2.75, 3.05) is 5.32 Å². The number of aromatic hydroxyl groups is 1. The summed E-state index contributed by atoms with van der Waals surface area (Å²) in [6, 6.07) is 3.39. The number of nitrogens with zero attached hydrogens (tertiary/aromatic N) is 1. The number of phenols is 1. The number of anilines is 1. The average Bonchev–Trinajstić information content (AvgIpc) is 2.60. The number of carbonyl (C=O) groups excluding carboxylic acids is 1. The van der Waals surface area contributed by atoms with Crippen molar-refractivity contribution >= 4 is 17.8 Å². The van der Waals surface area contributed by atoms with Crippen LogP contribution in [0.1, 0.15) is 59.6 Å². The van der Waals surface area contributed by atoms with Gasteiger partial charge in [-0.1, -0.05) is 66.7 Å². The Bertz CT molecular complexity index is 998. The van der Waals surface area contributed by atoms with Crippen LogP contribution in [-0.4, -0.2) is 28.4 Å². The second-order valence-electron chi connectivity index (χ2n) is 10.2. The van der Waals surface area contributed by atoms with Crippen LogP contribution in [-0.2, 0) is 15.6 Å². The Labute approximate surface area is 178 Å². The van der Waals surface area contributed by atoms with Crippen molar-refractivity contribution < 1.29 is 15.0 Å². The molecule has 2 unspecified atom stereocenters. The van der Waals surface area contributed by atoms with Crippen LogP contribution in [0.15, 0.2) is 52.3 Å². The highest BCUT2D eigenvalue weighted by atomic mass is 16.3. The largest absolute Gasteiger partial charge is 0.508 e. The van der Waals surface area contributed by atoms with E-state index in [2.05, 4.69) is 31.1 Å². The molecule has 30 heavy (non-hydrogen) atoms. The van der Waals surface area contributed by atoms with Gasteiger partial charge in [0.1, 0.15) is 11.5 Å². The topological polar surface area (TPSA) is 81.9 Å². The molecule has 0 saturated carbocycles. The van der Waals surface area contributed by atoms with E-state index >= 15 is 0 Å². The molecule has 1 amide bonds. The number of amides is 1. The third kappa shape index (κ3) is 4.07. The SMILES string of the molecule is CC1C=CC=C2C(O)=C(C(=O)Nc3cc(O)c(C(C)(C)C)cc3C(C)(C)C)C=NC21. The minimum atomic E-state index is -0.453. The summed E-state index contributed by atoms with van der Waals surface area (Å²) in [6.07, 6.45) is 7.15. The van der Waals surface area contributed by atoms with Gasteiger partial charge in [0.15, 0.2) is 0 Å². The minimum absolute atomic E-state index is 0.0449. The van der Waals surface area contributed by atoms with Gasteiger partial charge < -0.3 is 15.5 Å². The van der Waals surface area contributed by atoms with E-state index in [1.807, 2.05) is 45.9 Å². The van der Waals surface area contributed by atoms with Gasteiger partial charge in [-0.3, -0.25) is 9.79 Å². The molecule has 2 atom stereocenters. The molecule has 2 aliphatic rings. The first-order chi connectivity index (χ1) is 13.8. The first kappa shape index (κ1) is 21.9. The van der Waals surface area contributed by atoms with Crippen LogP contribution >= 0.6 is 0 Å². The number of allylic oxidation sites excluding steroid dienone is 2. The highest BCUT2D eigenvalue weighted by Gasteiger charge is 2.31. The van der Waals surface area contributed by atoms with Gasteiger partial charge in [0.05, 0.1) is 11.6 Å². The minimum Gasteiger partial charge on any atom is -0.508 e. The quantitative estimate of drug-likeness (QED) is 0.619. The molecule has 3 rings (SSSR count). The monoisotopic (exact) mass is 408 g/mol. The number of fused-ring (bicyclic) bond motifs is 1. The van der Waals surface area contributed by atoms with Crippen molar-refractivity contribution in [3.63, 3.8) is 0 Å². The van der Waals surface area contributed by atoms with E-state index in [4.69, 9.17) is 0 Å². The van der Waals surface area contributed by atoms with E-state index < -0.39 is 5.91 Å². The van der Waals surface area contributed by atoms with Crippen molar-refractivity contribution in [1.82, 2.24) is 0 Å². The Morgan fingerprint density at radius 3 is 2.27 bits per heavy atom. The van der Waals surface area contributed by atoms with E-state index in [1.54, 1.807) is 12.1 Å². The van der Waals surface area contributed by atoms with Crippen LogP contribution in [0.4, 0.5) is 5.69 Å². The number of dihydropyridines is 1. The molecule has 5 nitrogen and oxygen atoms in total. The Morgan fingerprint density at radius 2 is 1.67 bits per heavy atom. The van der Waals surface area contributed by atoms with Gasteiger partial charge in [-0.15, -0.1) is 0 Å². The summed E-state index contributed by atoms with van der Waals surface area (Å²) in [7, 11) is 0. The molecule has 1 aliphatic carbocycles. The molecule has 0 spiro atoms. The Kier molecular flexibility index (Phi) is 5.44. The van der Waals surface area contributed by atoms with Crippen LogP contribution in [0.2, 0.25) is 0 Å². The van der Waals surface area contributed by atoms with Crippen molar-refractivity contribution in [3.8, 4) is 5.75 Å². The zero-order valence-electron chi connectivity index (χ0n) is 18.9. The number of aliphatic hydroxyl groups excluding tert-OH is 1. The fraction of sp³-hybridized carbons (Fsp3) is 0.440. The molecule has 5 heteroatoms. The normalized spacial score (nSPS) is 21.4. The van der Waals surface area contributed by atoms with Crippen LogP contribution < -0.4 is 5.32 Å². The summed E-state index contributed by atoms with van der Waals surface area (Å²) in [5, 5.41) is 24.3. The molecule has 160 valence electrons. The van der Waals surface area contributed by atoms with Crippen LogP contribution in [0.25, 0.3) is 0 Å². The van der Waals surface area contributed by atoms with E-state index in [0.717, 1.165) is 11.1 Å². The summed E-state index contributed by atoms with van der Waals surface area (Å²) < 4.78 is 0. The van der Waals surface area contributed by atoms with Crippen molar-refractivity contribution in [2.45, 2.75) is 65.3 Å². The summed E-state index contributed by atoms with van der Waals surface area (Å²) in [4.78, 5) is 17.5. The van der Waals surface area contributed by atoms with E-state index in [0.29, 0.717) is 11.3 Å². The lowest BCUT2D eigenvalue weighted by Crippen LogP contribution is -2.29. The number of rotatable bonds is 2. The first-order valence-corrected chi connectivity index (χ1v) is 10.3. The number of aliphatic hydroxyl groups is 1. The molecule has 0 saturated heterocycles. The van der Waals surface area contributed by atoms with Crippen molar-refractivity contribution in [3.05, 3.63) is 58.4 Å². The molecule has 1 aromatic carbocycles. The third-order valence-corrected chi connectivity index (χ3v) is 5.64. The molecular formula is C25H32N2O3. The predicted octanol–water partition coefficient (Wildman–Crippen LogP) is 5.32. The number of hydrogen-bond donors (Lipinski definition) is 3. The highest BCUT2D eigenvalue weighted by molar-refractivity contribution is 6.19. The molecule has 0 fully saturated rings. The maximum absolute atomic E-state index is 13.1. The first-order valence-electron chi connectivity index (χ1n) is 10.3. The third-order valence-electron chi connectivity index (χ3n) is 5.64. The zero-order valence-corrected chi connectivity index (χ0v) is 18.9. The highest BCUT2D eigenvalue weighted by Crippen LogP contribution is 2.40. The molecule has 3 N–H and O–H groups in total. The van der Waals surface area contributed by atoms with Crippen molar-refractivity contribution in [1.29, 1.82) is 0 Å². The fourth-order valence-corrected chi connectivity index (χ4v) is 3.90. The Hall–Kier alpha value is -2.82. The van der Waals surface area contributed by atoms with Crippen LogP contribution in [0, 0.1) is 5.92 Å². The van der Waals surface area contributed by atoms with Gasteiger partial charge in [-0.05, 0) is 28.0 Å². The Morgan fingerprint density at radius 1 is 1.03 bits per heavy atom. The summed E-state index contributed by atoms with van der Waals surface area (Å²) in [6.45, 7) is 14.3. The summed E-state index contributed by atoms with van der Waals surface area (Å²) >= 11 is 0.